The Kier molecular flexibility index (Phi) is 4.79. The summed E-state index contributed by atoms with van der Waals surface area (Å²) in [4.78, 5) is 16.4. The van der Waals surface area contributed by atoms with Crippen molar-refractivity contribution in [3.63, 3.8) is 0 Å². The van der Waals surface area contributed by atoms with Crippen LogP contribution in [-0.4, -0.2) is 16.9 Å². The lowest BCUT2D eigenvalue weighted by atomic mass is 9.91. The number of halogens is 3. The Morgan fingerprint density at radius 1 is 1.07 bits per heavy atom. The summed E-state index contributed by atoms with van der Waals surface area (Å²) in [5.41, 5.74) is 1.07. The number of alkyl halides is 3. The number of rotatable bonds is 4. The maximum Gasteiger partial charge on any atom is 0.433 e. The van der Waals surface area contributed by atoms with E-state index in [2.05, 4.69) is 10.3 Å². The van der Waals surface area contributed by atoms with Crippen LogP contribution in [0.25, 0.3) is 10.8 Å². The fraction of sp³-hybridized carbons (Fsp3) is 0.273. The second kappa shape index (κ2) is 7.26. The molecular formula is C22H19F3N2O. The van der Waals surface area contributed by atoms with Crippen molar-refractivity contribution in [2.24, 2.45) is 0 Å². The highest BCUT2D eigenvalue weighted by Crippen LogP contribution is 2.29. The van der Waals surface area contributed by atoms with Gasteiger partial charge in [0, 0.05) is 24.2 Å². The minimum atomic E-state index is -4.47. The molecule has 0 bridgehead atoms. The van der Waals surface area contributed by atoms with Crippen molar-refractivity contribution in [3.05, 3.63) is 77.1 Å². The third-order valence-corrected chi connectivity index (χ3v) is 5.22. The summed E-state index contributed by atoms with van der Waals surface area (Å²) < 4.78 is 38.3. The van der Waals surface area contributed by atoms with E-state index < -0.39 is 11.9 Å². The van der Waals surface area contributed by atoms with Gasteiger partial charge in [0.25, 0.3) is 5.91 Å². The Balaban J connectivity index is 1.71. The van der Waals surface area contributed by atoms with Crippen molar-refractivity contribution in [2.45, 2.75) is 37.9 Å². The van der Waals surface area contributed by atoms with E-state index in [-0.39, 0.29) is 11.9 Å². The predicted octanol–water partition coefficient (Wildman–Crippen LogP) is 5.13. The molecule has 4 rings (SSSR count). The summed E-state index contributed by atoms with van der Waals surface area (Å²) in [5, 5.41) is 4.95. The van der Waals surface area contributed by atoms with E-state index in [4.69, 9.17) is 0 Å². The first-order valence-electron chi connectivity index (χ1n) is 9.25. The van der Waals surface area contributed by atoms with Gasteiger partial charge in [-0.25, -0.2) is 0 Å². The van der Waals surface area contributed by atoms with Crippen LogP contribution in [0, 0.1) is 0 Å². The zero-order chi connectivity index (χ0) is 19.7. The summed E-state index contributed by atoms with van der Waals surface area (Å²) in [6.45, 7) is 0. The minimum absolute atomic E-state index is 0.134. The maximum absolute atomic E-state index is 12.8. The Hall–Kier alpha value is -2.89. The Labute approximate surface area is 160 Å². The summed E-state index contributed by atoms with van der Waals surface area (Å²) in [5.74, 6) is -0.134. The molecule has 28 heavy (non-hydrogen) atoms. The number of benzene rings is 2. The second-order valence-corrected chi connectivity index (χ2v) is 7.14. The molecule has 3 aromatic rings. The number of aromatic nitrogens is 1. The van der Waals surface area contributed by atoms with E-state index in [1.165, 1.54) is 12.3 Å². The van der Waals surface area contributed by atoms with Crippen LogP contribution in [0.5, 0.6) is 0 Å². The molecule has 1 aliphatic carbocycles. The van der Waals surface area contributed by atoms with E-state index in [0.717, 1.165) is 41.7 Å². The molecule has 0 saturated heterocycles. The van der Waals surface area contributed by atoms with Gasteiger partial charge < -0.3 is 5.32 Å². The standard InChI is InChI=1S/C22H19F3N2O/c23-22(24,25)20-11-8-14(13-26-20)12-19-17-7-2-1-4-15(17)9-10-18(19)21(28)27-16-5-3-6-16/h1-2,4,7-11,13,16H,3,5-6,12H2,(H,27,28). The highest BCUT2D eigenvalue weighted by atomic mass is 19.4. The third kappa shape index (κ3) is 3.72. The summed E-state index contributed by atoms with van der Waals surface area (Å²) in [7, 11) is 0. The fourth-order valence-corrected chi connectivity index (χ4v) is 3.46. The lowest BCUT2D eigenvalue weighted by molar-refractivity contribution is -0.141. The predicted molar refractivity (Wildman–Crippen MR) is 101 cm³/mol. The maximum atomic E-state index is 12.8. The molecular weight excluding hydrogens is 365 g/mol. The van der Waals surface area contributed by atoms with Gasteiger partial charge in [-0.2, -0.15) is 13.2 Å². The zero-order valence-electron chi connectivity index (χ0n) is 15.1. The molecule has 0 spiro atoms. The molecule has 0 aliphatic heterocycles. The SMILES string of the molecule is O=C(NC1CCC1)c1ccc2ccccc2c1Cc1ccc(C(F)(F)F)nc1. The van der Waals surface area contributed by atoms with Crippen LogP contribution >= 0.6 is 0 Å². The largest absolute Gasteiger partial charge is 0.433 e. The van der Waals surface area contributed by atoms with E-state index in [1.807, 2.05) is 30.3 Å². The number of hydrogen-bond acceptors (Lipinski definition) is 2. The second-order valence-electron chi connectivity index (χ2n) is 7.14. The number of nitrogens with zero attached hydrogens (tertiary/aromatic N) is 1. The van der Waals surface area contributed by atoms with Crippen LogP contribution in [0.1, 0.15) is 46.4 Å². The van der Waals surface area contributed by atoms with E-state index in [0.29, 0.717) is 17.5 Å². The molecule has 2 aromatic carbocycles. The van der Waals surface area contributed by atoms with Gasteiger partial charge in [0.2, 0.25) is 0 Å². The van der Waals surface area contributed by atoms with E-state index >= 15 is 0 Å². The van der Waals surface area contributed by atoms with Gasteiger partial charge >= 0.3 is 6.18 Å². The lowest BCUT2D eigenvalue weighted by Crippen LogP contribution is -2.39. The Morgan fingerprint density at radius 3 is 2.50 bits per heavy atom. The highest BCUT2D eigenvalue weighted by Gasteiger charge is 2.32. The molecule has 1 aromatic heterocycles. The van der Waals surface area contributed by atoms with Crippen LogP contribution in [0.2, 0.25) is 0 Å². The van der Waals surface area contributed by atoms with Gasteiger partial charge in [0.15, 0.2) is 0 Å². The Morgan fingerprint density at radius 2 is 1.86 bits per heavy atom. The van der Waals surface area contributed by atoms with Gasteiger partial charge in [-0.05, 0) is 53.3 Å². The van der Waals surface area contributed by atoms with Crippen molar-refractivity contribution < 1.29 is 18.0 Å². The fourth-order valence-electron chi connectivity index (χ4n) is 3.46. The number of pyridine rings is 1. The van der Waals surface area contributed by atoms with Crippen molar-refractivity contribution in [3.8, 4) is 0 Å². The molecule has 1 N–H and O–H groups in total. The van der Waals surface area contributed by atoms with Crippen LogP contribution in [0.15, 0.2) is 54.7 Å². The topological polar surface area (TPSA) is 42.0 Å². The van der Waals surface area contributed by atoms with Crippen LogP contribution < -0.4 is 5.32 Å². The molecule has 1 aliphatic rings. The molecule has 1 saturated carbocycles. The minimum Gasteiger partial charge on any atom is -0.349 e. The van der Waals surface area contributed by atoms with Crippen LogP contribution in [0.4, 0.5) is 13.2 Å². The first-order valence-corrected chi connectivity index (χ1v) is 9.25. The summed E-state index contributed by atoms with van der Waals surface area (Å²) in [6, 6.07) is 14.0. The van der Waals surface area contributed by atoms with Gasteiger partial charge in [0.05, 0.1) is 0 Å². The first kappa shape index (κ1) is 18.5. The monoisotopic (exact) mass is 384 g/mol. The molecule has 0 unspecified atom stereocenters. The molecule has 0 radical (unpaired) electrons. The normalized spacial score (nSPS) is 14.7. The van der Waals surface area contributed by atoms with Gasteiger partial charge in [-0.3, -0.25) is 9.78 Å². The number of carbonyl (C=O) groups is 1. The summed E-state index contributed by atoms with van der Waals surface area (Å²) in [6.07, 6.45) is 0.186. The highest BCUT2D eigenvalue weighted by molar-refractivity contribution is 6.01. The first-order chi connectivity index (χ1) is 13.4. The molecule has 6 heteroatoms. The van der Waals surface area contributed by atoms with Crippen LogP contribution in [-0.2, 0) is 12.6 Å². The molecule has 144 valence electrons. The smallest absolute Gasteiger partial charge is 0.349 e. The quantitative estimate of drug-likeness (QED) is 0.678. The van der Waals surface area contributed by atoms with E-state index in [9.17, 15) is 18.0 Å². The average Bonchev–Trinajstić information content (AvgIpc) is 2.64. The van der Waals surface area contributed by atoms with Gasteiger partial charge in [0.1, 0.15) is 5.69 Å². The zero-order valence-corrected chi connectivity index (χ0v) is 15.1. The third-order valence-electron chi connectivity index (χ3n) is 5.22. The number of nitrogens with one attached hydrogen (secondary N) is 1. The molecule has 1 amide bonds. The van der Waals surface area contributed by atoms with Crippen molar-refractivity contribution in [2.75, 3.05) is 0 Å². The number of carbonyl (C=O) groups excluding carboxylic acids is 1. The molecule has 1 fully saturated rings. The number of fused-ring (bicyclic) bond motifs is 1. The van der Waals surface area contributed by atoms with Crippen molar-refractivity contribution >= 4 is 16.7 Å². The van der Waals surface area contributed by atoms with E-state index in [1.54, 1.807) is 6.07 Å². The lowest BCUT2D eigenvalue weighted by Gasteiger charge is -2.27. The summed E-state index contributed by atoms with van der Waals surface area (Å²) >= 11 is 0. The Bertz CT molecular complexity index is 1010. The molecule has 1 heterocycles. The molecule has 0 atom stereocenters. The van der Waals surface area contributed by atoms with Gasteiger partial charge in [-0.1, -0.05) is 36.4 Å². The van der Waals surface area contributed by atoms with Crippen molar-refractivity contribution in [1.82, 2.24) is 10.3 Å². The molecule has 3 nitrogen and oxygen atoms in total. The van der Waals surface area contributed by atoms with Crippen LogP contribution in [0.3, 0.4) is 0 Å². The average molecular weight is 384 g/mol. The van der Waals surface area contributed by atoms with Gasteiger partial charge in [-0.15, -0.1) is 0 Å². The number of amides is 1. The number of hydrogen-bond donors (Lipinski definition) is 1. The van der Waals surface area contributed by atoms with Crippen molar-refractivity contribution in [1.29, 1.82) is 0 Å².